The summed E-state index contributed by atoms with van der Waals surface area (Å²) in [6, 6.07) is 11.2. The quantitative estimate of drug-likeness (QED) is 0.902. The topological polar surface area (TPSA) is 38.3 Å². The number of hydrogen-bond acceptors (Lipinski definition) is 3. The Balaban J connectivity index is 1.98. The van der Waals surface area contributed by atoms with E-state index < -0.39 is 0 Å². The number of thiophene rings is 1. The van der Waals surface area contributed by atoms with Crippen LogP contribution >= 0.6 is 11.3 Å². The Morgan fingerprint density at radius 1 is 1.35 bits per heavy atom. The minimum absolute atomic E-state index is 0.0132. The summed E-state index contributed by atoms with van der Waals surface area (Å²) in [5.74, 6) is 0.722. The molecule has 1 heterocycles. The van der Waals surface area contributed by atoms with Crippen molar-refractivity contribution in [3.63, 3.8) is 0 Å². The van der Waals surface area contributed by atoms with Gasteiger partial charge in [0.1, 0.15) is 5.75 Å². The van der Waals surface area contributed by atoms with Gasteiger partial charge in [0.05, 0.1) is 13.5 Å². The summed E-state index contributed by atoms with van der Waals surface area (Å²) in [7, 11) is 1.60. The van der Waals surface area contributed by atoms with Gasteiger partial charge in [0, 0.05) is 16.6 Å². The second-order valence-corrected chi connectivity index (χ2v) is 4.57. The van der Waals surface area contributed by atoms with Crippen LogP contribution in [0.15, 0.2) is 41.8 Å². The second kappa shape index (κ2) is 5.50. The predicted molar refractivity (Wildman–Crippen MR) is 69.6 cm³/mol. The highest BCUT2D eigenvalue weighted by molar-refractivity contribution is 7.10. The molecule has 3 nitrogen and oxygen atoms in total. The lowest BCUT2D eigenvalue weighted by Gasteiger charge is -2.06. The van der Waals surface area contributed by atoms with Gasteiger partial charge in [0.15, 0.2) is 0 Å². The van der Waals surface area contributed by atoms with Crippen LogP contribution < -0.4 is 10.1 Å². The maximum Gasteiger partial charge on any atom is 0.229 e. The van der Waals surface area contributed by atoms with Crippen molar-refractivity contribution < 1.29 is 9.53 Å². The summed E-state index contributed by atoms with van der Waals surface area (Å²) >= 11 is 1.58. The molecule has 1 amide bonds. The predicted octanol–water partition coefficient (Wildman–Crippen LogP) is 2.94. The zero-order chi connectivity index (χ0) is 12.1. The SMILES string of the molecule is COc1cccc(NC(=O)Cc2cccs2)c1. The maximum absolute atomic E-state index is 11.7. The molecule has 0 saturated heterocycles. The fraction of sp³-hybridized carbons (Fsp3) is 0.154. The molecular formula is C13H13NO2S. The Morgan fingerprint density at radius 2 is 2.24 bits per heavy atom. The van der Waals surface area contributed by atoms with E-state index in [0.29, 0.717) is 6.42 Å². The zero-order valence-corrected chi connectivity index (χ0v) is 10.3. The molecule has 88 valence electrons. The molecule has 0 bridgehead atoms. The van der Waals surface area contributed by atoms with E-state index in [1.165, 1.54) is 0 Å². The van der Waals surface area contributed by atoms with E-state index in [9.17, 15) is 4.79 Å². The normalized spacial score (nSPS) is 9.94. The molecule has 0 unspecified atom stereocenters. The van der Waals surface area contributed by atoms with E-state index in [2.05, 4.69) is 5.32 Å². The van der Waals surface area contributed by atoms with E-state index in [4.69, 9.17) is 4.74 Å². The molecule has 4 heteroatoms. The number of methoxy groups -OCH3 is 1. The minimum Gasteiger partial charge on any atom is -0.497 e. The van der Waals surface area contributed by atoms with E-state index in [0.717, 1.165) is 16.3 Å². The summed E-state index contributed by atoms with van der Waals surface area (Å²) in [6.07, 6.45) is 0.412. The smallest absolute Gasteiger partial charge is 0.229 e. The van der Waals surface area contributed by atoms with Gasteiger partial charge in [0.25, 0.3) is 0 Å². The molecular weight excluding hydrogens is 234 g/mol. The Morgan fingerprint density at radius 3 is 2.94 bits per heavy atom. The Hall–Kier alpha value is -1.81. The monoisotopic (exact) mass is 247 g/mol. The van der Waals surface area contributed by atoms with Crippen LogP contribution in [-0.4, -0.2) is 13.0 Å². The van der Waals surface area contributed by atoms with Crippen molar-refractivity contribution in [1.82, 2.24) is 0 Å². The first kappa shape index (κ1) is 11.7. The van der Waals surface area contributed by atoms with Crippen molar-refractivity contribution in [2.45, 2.75) is 6.42 Å². The van der Waals surface area contributed by atoms with Crippen LogP contribution in [0.5, 0.6) is 5.75 Å². The lowest BCUT2D eigenvalue weighted by molar-refractivity contribution is -0.115. The van der Waals surface area contributed by atoms with Crippen LogP contribution in [0, 0.1) is 0 Å². The van der Waals surface area contributed by atoms with E-state index >= 15 is 0 Å². The number of nitrogens with one attached hydrogen (secondary N) is 1. The van der Waals surface area contributed by atoms with E-state index in [-0.39, 0.29) is 5.91 Å². The van der Waals surface area contributed by atoms with Crippen molar-refractivity contribution in [1.29, 1.82) is 0 Å². The molecule has 0 fully saturated rings. The van der Waals surface area contributed by atoms with Crippen LogP contribution in [0.2, 0.25) is 0 Å². The Labute approximate surface area is 104 Å². The molecule has 0 spiro atoms. The first-order valence-electron chi connectivity index (χ1n) is 5.24. The number of carbonyl (C=O) groups excluding carboxylic acids is 1. The van der Waals surface area contributed by atoms with Crippen LogP contribution in [0.25, 0.3) is 0 Å². The maximum atomic E-state index is 11.7. The number of anilines is 1. The van der Waals surface area contributed by atoms with Crippen LogP contribution in [0.3, 0.4) is 0 Å². The molecule has 1 aromatic carbocycles. The molecule has 0 saturated carbocycles. The number of amides is 1. The van der Waals surface area contributed by atoms with Gasteiger partial charge in [-0.25, -0.2) is 0 Å². The van der Waals surface area contributed by atoms with Gasteiger partial charge in [-0.05, 0) is 23.6 Å². The van der Waals surface area contributed by atoms with E-state index in [1.54, 1.807) is 24.5 Å². The van der Waals surface area contributed by atoms with Crippen LogP contribution in [-0.2, 0) is 11.2 Å². The van der Waals surface area contributed by atoms with Crippen molar-refractivity contribution in [3.05, 3.63) is 46.7 Å². The van der Waals surface area contributed by atoms with Gasteiger partial charge in [-0.2, -0.15) is 0 Å². The standard InChI is InChI=1S/C13H13NO2S/c1-16-11-5-2-4-10(8-11)14-13(15)9-12-6-3-7-17-12/h2-8H,9H2,1H3,(H,14,15). The van der Waals surface area contributed by atoms with Crippen molar-refractivity contribution >= 4 is 22.9 Å². The summed E-state index contributed by atoms with van der Waals surface area (Å²) in [6.45, 7) is 0. The van der Waals surface area contributed by atoms with Crippen molar-refractivity contribution in [3.8, 4) is 5.75 Å². The van der Waals surface area contributed by atoms with Gasteiger partial charge in [-0.1, -0.05) is 12.1 Å². The summed E-state index contributed by atoms with van der Waals surface area (Å²) < 4.78 is 5.09. The van der Waals surface area contributed by atoms with Gasteiger partial charge in [-0.15, -0.1) is 11.3 Å². The molecule has 0 atom stereocenters. The van der Waals surface area contributed by atoms with Crippen molar-refractivity contribution in [2.75, 3.05) is 12.4 Å². The van der Waals surface area contributed by atoms with Crippen LogP contribution in [0.1, 0.15) is 4.88 Å². The third-order valence-corrected chi connectivity index (χ3v) is 3.14. The van der Waals surface area contributed by atoms with Crippen LogP contribution in [0.4, 0.5) is 5.69 Å². The first-order chi connectivity index (χ1) is 8.28. The molecule has 0 aliphatic heterocycles. The summed E-state index contributed by atoms with van der Waals surface area (Å²) in [4.78, 5) is 12.8. The van der Waals surface area contributed by atoms with Gasteiger partial charge in [0.2, 0.25) is 5.91 Å². The largest absolute Gasteiger partial charge is 0.497 e. The highest BCUT2D eigenvalue weighted by atomic mass is 32.1. The minimum atomic E-state index is -0.0132. The highest BCUT2D eigenvalue weighted by Gasteiger charge is 2.05. The highest BCUT2D eigenvalue weighted by Crippen LogP contribution is 2.17. The number of rotatable bonds is 4. The number of benzene rings is 1. The zero-order valence-electron chi connectivity index (χ0n) is 9.47. The molecule has 2 rings (SSSR count). The molecule has 1 aromatic heterocycles. The molecule has 1 N–H and O–H groups in total. The Bertz CT molecular complexity index is 494. The molecule has 0 radical (unpaired) electrons. The van der Waals surface area contributed by atoms with E-state index in [1.807, 2.05) is 35.7 Å². The molecule has 17 heavy (non-hydrogen) atoms. The average molecular weight is 247 g/mol. The lowest BCUT2D eigenvalue weighted by Crippen LogP contribution is -2.13. The number of carbonyl (C=O) groups is 1. The first-order valence-corrected chi connectivity index (χ1v) is 6.12. The average Bonchev–Trinajstić information content (AvgIpc) is 2.82. The fourth-order valence-electron chi connectivity index (χ4n) is 1.48. The van der Waals surface area contributed by atoms with Gasteiger partial charge in [-0.3, -0.25) is 4.79 Å². The third-order valence-electron chi connectivity index (χ3n) is 2.27. The van der Waals surface area contributed by atoms with Crippen molar-refractivity contribution in [2.24, 2.45) is 0 Å². The van der Waals surface area contributed by atoms with Gasteiger partial charge < -0.3 is 10.1 Å². The molecule has 0 aliphatic carbocycles. The molecule has 2 aromatic rings. The number of hydrogen-bond donors (Lipinski definition) is 1. The van der Waals surface area contributed by atoms with Gasteiger partial charge >= 0.3 is 0 Å². The lowest BCUT2D eigenvalue weighted by atomic mass is 10.2. The Kier molecular flexibility index (Phi) is 3.77. The second-order valence-electron chi connectivity index (χ2n) is 3.54. The fourth-order valence-corrected chi connectivity index (χ4v) is 2.18. The number of ether oxygens (including phenoxy) is 1. The summed E-state index contributed by atoms with van der Waals surface area (Å²) in [5.41, 5.74) is 0.755. The summed E-state index contributed by atoms with van der Waals surface area (Å²) in [5, 5.41) is 4.81. The third kappa shape index (κ3) is 3.32. The molecule has 0 aliphatic rings.